The number of rotatable bonds is 6. The molecule has 1 aliphatic heterocycles. The number of hydrogen-bond donors (Lipinski definition) is 1. The molecule has 2 N–H and O–H groups in total. The second-order valence-corrected chi connectivity index (χ2v) is 4.71. The summed E-state index contributed by atoms with van der Waals surface area (Å²) in [6.45, 7) is 5.04. The van der Waals surface area contributed by atoms with Gasteiger partial charge in [0.1, 0.15) is 0 Å². The number of likely N-dealkylation sites (N-methyl/N-ethyl adjacent to an activating group) is 1. The van der Waals surface area contributed by atoms with Crippen LogP contribution in [0.5, 0.6) is 0 Å². The summed E-state index contributed by atoms with van der Waals surface area (Å²) in [6.07, 6.45) is 6.52. The lowest BCUT2D eigenvalue weighted by Gasteiger charge is -2.32. The van der Waals surface area contributed by atoms with E-state index in [-0.39, 0.29) is 0 Å². The average molecular weight is 214 g/mol. The Labute approximate surface area is 94.0 Å². The highest BCUT2D eigenvalue weighted by Crippen LogP contribution is 2.16. The number of nitrogens with zero attached hydrogens (tertiary/aromatic N) is 1. The van der Waals surface area contributed by atoms with Crippen LogP contribution in [-0.2, 0) is 4.74 Å². The molecule has 0 radical (unpaired) electrons. The van der Waals surface area contributed by atoms with Gasteiger partial charge in [-0.2, -0.15) is 0 Å². The van der Waals surface area contributed by atoms with Gasteiger partial charge in [-0.25, -0.2) is 0 Å². The molecule has 0 amide bonds. The Hall–Kier alpha value is -0.120. The van der Waals surface area contributed by atoms with Crippen molar-refractivity contribution in [2.24, 2.45) is 5.73 Å². The normalized spacial score (nSPS) is 25.4. The largest absolute Gasteiger partial charge is 0.377 e. The van der Waals surface area contributed by atoms with Gasteiger partial charge in [0, 0.05) is 6.04 Å². The summed E-state index contributed by atoms with van der Waals surface area (Å²) in [7, 11) is 2.21. The Morgan fingerprint density at radius 3 is 2.93 bits per heavy atom. The van der Waals surface area contributed by atoms with Crippen molar-refractivity contribution in [3.63, 3.8) is 0 Å². The molecule has 1 rings (SSSR count). The lowest BCUT2D eigenvalue weighted by atomic mass is 10.0. The predicted molar refractivity (Wildman–Crippen MR) is 64.0 cm³/mol. The number of likely N-dealkylation sites (tertiary alicyclic amines) is 1. The molecule has 15 heavy (non-hydrogen) atoms. The molecule has 1 heterocycles. The quantitative estimate of drug-likeness (QED) is 0.730. The Kier molecular flexibility index (Phi) is 6.22. The molecule has 3 nitrogen and oxygen atoms in total. The molecular weight excluding hydrogens is 188 g/mol. The van der Waals surface area contributed by atoms with Crippen LogP contribution in [0.15, 0.2) is 0 Å². The lowest BCUT2D eigenvalue weighted by Crippen LogP contribution is -2.40. The Morgan fingerprint density at radius 2 is 2.27 bits per heavy atom. The van der Waals surface area contributed by atoms with E-state index >= 15 is 0 Å². The molecule has 90 valence electrons. The Balaban J connectivity index is 2.11. The maximum atomic E-state index is 5.86. The summed E-state index contributed by atoms with van der Waals surface area (Å²) in [4.78, 5) is 2.43. The predicted octanol–water partition coefficient (Wildman–Crippen LogP) is 1.61. The van der Waals surface area contributed by atoms with Crippen LogP contribution in [0.25, 0.3) is 0 Å². The third-order valence-electron chi connectivity index (χ3n) is 3.31. The maximum Gasteiger partial charge on any atom is 0.0625 e. The summed E-state index contributed by atoms with van der Waals surface area (Å²) in [6, 6.07) is 0.638. The molecule has 0 saturated carbocycles. The first kappa shape index (κ1) is 12.9. The van der Waals surface area contributed by atoms with E-state index in [0.717, 1.165) is 26.0 Å². The van der Waals surface area contributed by atoms with E-state index in [9.17, 15) is 0 Å². The van der Waals surface area contributed by atoms with Crippen molar-refractivity contribution in [3.05, 3.63) is 0 Å². The monoisotopic (exact) mass is 214 g/mol. The topological polar surface area (TPSA) is 38.5 Å². The van der Waals surface area contributed by atoms with Gasteiger partial charge in [0.05, 0.1) is 12.7 Å². The minimum absolute atomic E-state index is 0.365. The van der Waals surface area contributed by atoms with Gasteiger partial charge in [0.15, 0.2) is 0 Å². The molecule has 2 atom stereocenters. The van der Waals surface area contributed by atoms with E-state index < -0.39 is 0 Å². The smallest absolute Gasteiger partial charge is 0.0625 e. The number of ether oxygens (including phenoxy) is 1. The zero-order valence-corrected chi connectivity index (χ0v) is 10.2. The second kappa shape index (κ2) is 7.20. The minimum Gasteiger partial charge on any atom is -0.377 e. The molecule has 1 aliphatic rings. The first-order chi connectivity index (χ1) is 7.24. The maximum absolute atomic E-state index is 5.86. The van der Waals surface area contributed by atoms with Crippen LogP contribution in [0.3, 0.4) is 0 Å². The van der Waals surface area contributed by atoms with Gasteiger partial charge in [0.25, 0.3) is 0 Å². The minimum atomic E-state index is 0.365. The molecule has 0 aliphatic carbocycles. The van der Waals surface area contributed by atoms with Gasteiger partial charge >= 0.3 is 0 Å². The molecule has 0 bridgehead atoms. The number of hydrogen-bond acceptors (Lipinski definition) is 3. The molecule has 0 aromatic heterocycles. The van der Waals surface area contributed by atoms with Gasteiger partial charge in [0.2, 0.25) is 0 Å². The standard InChI is InChI=1S/C12H26N2O/c1-11(6-5-8-13)15-10-12-7-3-4-9-14(12)2/h11-12H,3-10,13H2,1-2H3. The number of nitrogens with two attached hydrogens (primary N) is 1. The van der Waals surface area contributed by atoms with Crippen LogP contribution in [0, 0.1) is 0 Å². The van der Waals surface area contributed by atoms with Crippen LogP contribution in [0.1, 0.15) is 39.0 Å². The van der Waals surface area contributed by atoms with Gasteiger partial charge in [-0.3, -0.25) is 0 Å². The molecule has 1 fully saturated rings. The first-order valence-corrected chi connectivity index (χ1v) is 6.26. The van der Waals surface area contributed by atoms with Gasteiger partial charge in [-0.05, 0) is 52.7 Å². The summed E-state index contributed by atoms with van der Waals surface area (Å²) in [5.74, 6) is 0. The van der Waals surface area contributed by atoms with Crippen LogP contribution in [0.2, 0.25) is 0 Å². The van der Waals surface area contributed by atoms with Crippen molar-refractivity contribution in [2.75, 3.05) is 26.7 Å². The zero-order valence-electron chi connectivity index (χ0n) is 10.2. The van der Waals surface area contributed by atoms with Crippen molar-refractivity contribution in [3.8, 4) is 0 Å². The van der Waals surface area contributed by atoms with Gasteiger partial charge < -0.3 is 15.4 Å². The summed E-state index contributed by atoms with van der Waals surface area (Å²) in [5.41, 5.74) is 5.47. The molecule has 0 aromatic carbocycles. The molecule has 2 unspecified atom stereocenters. The highest BCUT2D eigenvalue weighted by Gasteiger charge is 2.19. The van der Waals surface area contributed by atoms with E-state index in [1.807, 2.05) is 0 Å². The van der Waals surface area contributed by atoms with E-state index in [2.05, 4.69) is 18.9 Å². The summed E-state index contributed by atoms with van der Waals surface area (Å²) >= 11 is 0. The van der Waals surface area contributed by atoms with Crippen LogP contribution in [0.4, 0.5) is 0 Å². The van der Waals surface area contributed by atoms with Gasteiger partial charge in [-0.15, -0.1) is 0 Å². The Morgan fingerprint density at radius 1 is 1.47 bits per heavy atom. The van der Waals surface area contributed by atoms with Crippen molar-refractivity contribution in [1.82, 2.24) is 4.90 Å². The SMILES string of the molecule is CC(CCCN)OCC1CCCCN1C. The van der Waals surface area contributed by atoms with E-state index in [4.69, 9.17) is 10.5 Å². The molecular formula is C12H26N2O. The van der Waals surface area contributed by atoms with Crippen molar-refractivity contribution >= 4 is 0 Å². The van der Waals surface area contributed by atoms with E-state index in [1.54, 1.807) is 0 Å². The summed E-state index contributed by atoms with van der Waals surface area (Å²) < 4.78 is 5.86. The lowest BCUT2D eigenvalue weighted by molar-refractivity contribution is 0.00815. The molecule has 0 aromatic rings. The highest BCUT2D eigenvalue weighted by atomic mass is 16.5. The van der Waals surface area contributed by atoms with E-state index in [1.165, 1.54) is 25.8 Å². The van der Waals surface area contributed by atoms with Crippen LogP contribution in [-0.4, -0.2) is 43.8 Å². The molecule has 3 heteroatoms. The average Bonchev–Trinajstić information content (AvgIpc) is 2.25. The van der Waals surface area contributed by atoms with Crippen LogP contribution < -0.4 is 5.73 Å². The fraction of sp³-hybridized carbons (Fsp3) is 1.00. The third-order valence-corrected chi connectivity index (χ3v) is 3.31. The zero-order chi connectivity index (χ0) is 11.1. The van der Waals surface area contributed by atoms with Gasteiger partial charge in [-0.1, -0.05) is 6.42 Å². The summed E-state index contributed by atoms with van der Waals surface area (Å²) in [5, 5.41) is 0. The van der Waals surface area contributed by atoms with E-state index in [0.29, 0.717) is 12.1 Å². The van der Waals surface area contributed by atoms with Crippen molar-refractivity contribution in [1.29, 1.82) is 0 Å². The molecule has 1 saturated heterocycles. The fourth-order valence-electron chi connectivity index (χ4n) is 2.12. The third kappa shape index (κ3) is 4.96. The number of piperidine rings is 1. The molecule has 0 spiro atoms. The fourth-order valence-corrected chi connectivity index (χ4v) is 2.12. The van der Waals surface area contributed by atoms with Crippen molar-refractivity contribution in [2.45, 2.75) is 51.2 Å². The highest BCUT2D eigenvalue weighted by molar-refractivity contribution is 4.73. The Bertz CT molecular complexity index is 164. The van der Waals surface area contributed by atoms with Crippen LogP contribution >= 0.6 is 0 Å². The first-order valence-electron chi connectivity index (χ1n) is 6.26. The second-order valence-electron chi connectivity index (χ2n) is 4.71. The van der Waals surface area contributed by atoms with Crippen molar-refractivity contribution < 1.29 is 4.74 Å².